The van der Waals surface area contributed by atoms with Crippen LogP contribution in [0.4, 0.5) is 0 Å². The van der Waals surface area contributed by atoms with E-state index in [1.807, 2.05) is 0 Å². The number of carbonyl (C=O) groups is 2. The van der Waals surface area contributed by atoms with Crippen molar-refractivity contribution in [2.75, 3.05) is 0 Å². The molecule has 0 radical (unpaired) electrons. The number of ketones is 1. The molecule has 78 valence electrons. The van der Waals surface area contributed by atoms with Crippen LogP contribution in [0.5, 0.6) is 5.75 Å². The fourth-order valence-corrected chi connectivity index (χ4v) is 1.07. The van der Waals surface area contributed by atoms with Gasteiger partial charge in [0.2, 0.25) is 0 Å². The van der Waals surface area contributed by atoms with Gasteiger partial charge >= 0.3 is 5.97 Å². The summed E-state index contributed by atoms with van der Waals surface area (Å²) in [5, 5.41) is 17.4. The lowest BCUT2D eigenvalue weighted by molar-refractivity contribution is -0.146. The molecular weight excluding hydrogens is 196 g/mol. The lowest BCUT2D eigenvalue weighted by atomic mass is 10.1. The van der Waals surface area contributed by atoms with Crippen LogP contribution in [-0.2, 0) is 9.59 Å². The highest BCUT2D eigenvalue weighted by molar-refractivity contribution is 6.38. The van der Waals surface area contributed by atoms with Crippen LogP contribution in [0.15, 0.2) is 30.3 Å². The number of benzene rings is 1. The van der Waals surface area contributed by atoms with Crippen LogP contribution in [0.3, 0.4) is 0 Å². The van der Waals surface area contributed by atoms with Gasteiger partial charge in [0.15, 0.2) is 0 Å². The normalized spacial score (nSPS) is 11.1. The Kier molecular flexibility index (Phi) is 3.23. The van der Waals surface area contributed by atoms with Gasteiger partial charge in [0.05, 0.1) is 0 Å². The van der Waals surface area contributed by atoms with Crippen LogP contribution in [0.1, 0.15) is 12.5 Å². The van der Waals surface area contributed by atoms with E-state index in [2.05, 4.69) is 0 Å². The summed E-state index contributed by atoms with van der Waals surface area (Å²) in [6.07, 6.45) is 1.05. The zero-order valence-electron chi connectivity index (χ0n) is 8.10. The molecule has 0 aliphatic heterocycles. The van der Waals surface area contributed by atoms with Gasteiger partial charge in [0, 0.05) is 0 Å². The molecular formula is C11H10O4. The van der Waals surface area contributed by atoms with Gasteiger partial charge in [-0.2, -0.15) is 0 Å². The predicted molar refractivity (Wildman–Crippen MR) is 54.4 cm³/mol. The molecule has 0 heterocycles. The van der Waals surface area contributed by atoms with Gasteiger partial charge in [0.25, 0.3) is 5.78 Å². The van der Waals surface area contributed by atoms with Crippen LogP contribution in [0.2, 0.25) is 0 Å². The number of phenols is 1. The van der Waals surface area contributed by atoms with E-state index in [1.165, 1.54) is 12.1 Å². The lowest BCUT2D eigenvalue weighted by Crippen LogP contribution is -2.09. The number of hydrogen-bond donors (Lipinski definition) is 2. The zero-order valence-corrected chi connectivity index (χ0v) is 8.10. The second-order valence-corrected chi connectivity index (χ2v) is 3.04. The van der Waals surface area contributed by atoms with E-state index in [1.54, 1.807) is 19.1 Å². The smallest absolute Gasteiger partial charge is 0.376 e. The van der Waals surface area contributed by atoms with E-state index in [-0.39, 0.29) is 5.75 Å². The summed E-state index contributed by atoms with van der Waals surface area (Å²) < 4.78 is 0. The average Bonchev–Trinajstić information content (AvgIpc) is 2.18. The van der Waals surface area contributed by atoms with Crippen LogP contribution >= 0.6 is 0 Å². The Morgan fingerprint density at radius 3 is 2.20 bits per heavy atom. The number of carbonyl (C=O) groups excluding carboxylic acids is 1. The molecule has 0 aromatic heterocycles. The summed E-state index contributed by atoms with van der Waals surface area (Å²) >= 11 is 0. The van der Waals surface area contributed by atoms with Crippen molar-refractivity contribution in [3.63, 3.8) is 0 Å². The number of phenolic OH excluding ortho intramolecular Hbond substituents is 1. The SMILES string of the molecule is C/C(=C\C(=O)C(=O)O)c1ccc(O)cc1. The third-order valence-electron chi connectivity index (χ3n) is 1.88. The van der Waals surface area contributed by atoms with Crippen LogP contribution in [-0.4, -0.2) is 22.0 Å². The Labute approximate surface area is 86.5 Å². The molecule has 0 saturated carbocycles. The molecule has 4 nitrogen and oxygen atoms in total. The third-order valence-corrected chi connectivity index (χ3v) is 1.88. The maximum absolute atomic E-state index is 10.9. The highest BCUT2D eigenvalue weighted by Gasteiger charge is 2.08. The number of carboxylic acid groups (broad SMARTS) is 1. The lowest BCUT2D eigenvalue weighted by Gasteiger charge is -2.00. The summed E-state index contributed by atoms with van der Waals surface area (Å²) in [6.45, 7) is 1.63. The first-order valence-electron chi connectivity index (χ1n) is 4.25. The van der Waals surface area contributed by atoms with E-state index in [4.69, 9.17) is 10.2 Å². The number of aliphatic carboxylic acids is 1. The third kappa shape index (κ3) is 2.95. The zero-order chi connectivity index (χ0) is 11.4. The Morgan fingerprint density at radius 1 is 1.20 bits per heavy atom. The molecule has 0 amide bonds. The van der Waals surface area contributed by atoms with Crippen LogP contribution in [0.25, 0.3) is 5.57 Å². The van der Waals surface area contributed by atoms with E-state index in [0.29, 0.717) is 11.1 Å². The van der Waals surface area contributed by atoms with Crippen molar-refractivity contribution < 1.29 is 19.8 Å². The van der Waals surface area contributed by atoms with Crippen molar-refractivity contribution in [1.82, 2.24) is 0 Å². The van der Waals surface area contributed by atoms with Crippen molar-refractivity contribution in [1.29, 1.82) is 0 Å². The predicted octanol–water partition coefficient (Wildman–Crippen LogP) is 1.45. The number of rotatable bonds is 3. The Morgan fingerprint density at radius 2 is 1.73 bits per heavy atom. The molecule has 1 aromatic carbocycles. The molecule has 0 aliphatic rings. The fourth-order valence-electron chi connectivity index (χ4n) is 1.07. The molecule has 0 aliphatic carbocycles. The summed E-state index contributed by atoms with van der Waals surface area (Å²) in [5.41, 5.74) is 1.24. The molecule has 0 bridgehead atoms. The van der Waals surface area contributed by atoms with Gasteiger partial charge in [-0.05, 0) is 36.3 Å². The summed E-state index contributed by atoms with van der Waals surface area (Å²) in [4.78, 5) is 21.2. The monoisotopic (exact) mass is 206 g/mol. The first kappa shape index (κ1) is 11.0. The first-order valence-corrected chi connectivity index (χ1v) is 4.25. The number of aromatic hydroxyl groups is 1. The van der Waals surface area contributed by atoms with Gasteiger partial charge in [-0.15, -0.1) is 0 Å². The molecule has 0 fully saturated rings. The molecule has 1 rings (SSSR count). The molecule has 2 N–H and O–H groups in total. The summed E-state index contributed by atoms with van der Waals surface area (Å²) in [5.74, 6) is -2.31. The second-order valence-electron chi connectivity index (χ2n) is 3.04. The first-order chi connectivity index (χ1) is 7.00. The fraction of sp³-hybridized carbons (Fsp3) is 0.0909. The van der Waals surface area contributed by atoms with Gasteiger partial charge < -0.3 is 10.2 Å². The summed E-state index contributed by atoms with van der Waals surface area (Å²) in [6, 6.07) is 6.16. The van der Waals surface area contributed by atoms with Crippen LogP contribution < -0.4 is 0 Å². The number of hydrogen-bond acceptors (Lipinski definition) is 3. The quantitative estimate of drug-likeness (QED) is 0.579. The minimum absolute atomic E-state index is 0.121. The Bertz CT molecular complexity index is 415. The molecule has 4 heteroatoms. The Hall–Kier alpha value is -2.10. The van der Waals surface area contributed by atoms with Crippen molar-refractivity contribution >= 4 is 17.3 Å². The van der Waals surface area contributed by atoms with Gasteiger partial charge in [-0.3, -0.25) is 4.79 Å². The maximum Gasteiger partial charge on any atom is 0.376 e. The highest BCUT2D eigenvalue weighted by Crippen LogP contribution is 2.17. The molecule has 0 atom stereocenters. The number of allylic oxidation sites excluding steroid dienone is 1. The van der Waals surface area contributed by atoms with Crippen LogP contribution in [0, 0.1) is 0 Å². The van der Waals surface area contributed by atoms with Crippen molar-refractivity contribution in [2.24, 2.45) is 0 Å². The van der Waals surface area contributed by atoms with Crippen molar-refractivity contribution in [3.05, 3.63) is 35.9 Å². The second kappa shape index (κ2) is 4.41. The van der Waals surface area contributed by atoms with Gasteiger partial charge in [0.1, 0.15) is 5.75 Å². The minimum Gasteiger partial charge on any atom is -0.508 e. The number of carboxylic acids is 1. The molecule has 0 spiro atoms. The van der Waals surface area contributed by atoms with E-state index >= 15 is 0 Å². The summed E-state index contributed by atoms with van der Waals surface area (Å²) in [7, 11) is 0. The van der Waals surface area contributed by atoms with Crippen molar-refractivity contribution in [2.45, 2.75) is 6.92 Å². The molecule has 1 aromatic rings. The molecule has 0 unspecified atom stereocenters. The van der Waals surface area contributed by atoms with Gasteiger partial charge in [-0.1, -0.05) is 12.1 Å². The van der Waals surface area contributed by atoms with E-state index in [0.717, 1.165) is 6.08 Å². The average molecular weight is 206 g/mol. The van der Waals surface area contributed by atoms with Crippen molar-refractivity contribution in [3.8, 4) is 5.75 Å². The minimum atomic E-state index is -1.48. The topological polar surface area (TPSA) is 74.6 Å². The molecule has 0 saturated heterocycles. The van der Waals surface area contributed by atoms with Gasteiger partial charge in [-0.25, -0.2) is 4.79 Å². The largest absolute Gasteiger partial charge is 0.508 e. The van der Waals surface area contributed by atoms with E-state index < -0.39 is 11.8 Å². The molecule has 15 heavy (non-hydrogen) atoms. The maximum atomic E-state index is 10.9. The highest BCUT2D eigenvalue weighted by atomic mass is 16.4. The standard InChI is InChI=1S/C11H10O4/c1-7(6-10(13)11(14)15)8-2-4-9(12)5-3-8/h2-6,12H,1H3,(H,14,15)/b7-6+. The van der Waals surface area contributed by atoms with E-state index in [9.17, 15) is 9.59 Å². The Balaban J connectivity index is 2.94.